The summed E-state index contributed by atoms with van der Waals surface area (Å²) in [5.41, 5.74) is -3.47. The van der Waals surface area contributed by atoms with Gasteiger partial charge in [0.05, 0.1) is 14.2 Å². The highest BCUT2D eigenvalue weighted by Gasteiger charge is 2.63. The van der Waals surface area contributed by atoms with E-state index < -0.39 is 46.9 Å². The maximum atomic E-state index is 13.2. The molecule has 7 rings (SSSR count). The maximum absolute atomic E-state index is 13.2. The number of benzene rings is 3. The van der Waals surface area contributed by atoms with E-state index in [4.69, 9.17) is 18.9 Å². The Balaban J connectivity index is 1.23. The molecule has 0 aliphatic carbocycles. The van der Waals surface area contributed by atoms with Crippen molar-refractivity contribution >= 4 is 58.4 Å². The Hall–Kier alpha value is -6.44. The molecule has 0 saturated heterocycles. The zero-order valence-corrected chi connectivity index (χ0v) is 24.0. The van der Waals surface area contributed by atoms with E-state index in [9.17, 15) is 28.8 Å². The molecule has 4 aliphatic rings. The third-order valence-corrected chi connectivity index (χ3v) is 8.06. The Morgan fingerprint density at radius 1 is 0.609 bits per heavy atom. The molecule has 0 bridgehead atoms. The minimum Gasteiger partial charge on any atom is -0.465 e. The fourth-order valence-electron chi connectivity index (χ4n) is 6.05. The van der Waals surface area contributed by atoms with Gasteiger partial charge in [0, 0.05) is 33.9 Å². The lowest BCUT2D eigenvalue weighted by atomic mass is 9.87. The Kier molecular flexibility index (Phi) is 6.19. The number of para-hydroxylation sites is 2. The molecule has 3 aromatic rings. The van der Waals surface area contributed by atoms with Crippen LogP contribution in [-0.4, -0.2) is 49.9 Å². The van der Waals surface area contributed by atoms with Crippen molar-refractivity contribution in [2.45, 2.75) is 11.2 Å². The molecule has 2 amide bonds. The molecule has 4 aliphatic heterocycles. The van der Waals surface area contributed by atoms with Gasteiger partial charge in [0.1, 0.15) is 22.5 Å². The first-order chi connectivity index (χ1) is 22.1. The van der Waals surface area contributed by atoms with E-state index in [1.54, 1.807) is 48.5 Å². The number of fused-ring (bicyclic) bond motifs is 4. The van der Waals surface area contributed by atoms with Crippen LogP contribution in [0.4, 0.5) is 22.7 Å². The topological polar surface area (TPSA) is 187 Å². The van der Waals surface area contributed by atoms with Crippen LogP contribution in [0.15, 0.2) is 95.3 Å². The summed E-state index contributed by atoms with van der Waals surface area (Å²) in [5.74, 6) is -5.28. The summed E-state index contributed by atoms with van der Waals surface area (Å²) in [6.07, 6.45) is 0. The molecular formula is C32H22N4O10. The summed E-state index contributed by atoms with van der Waals surface area (Å²) < 4.78 is 21.0. The first-order valence-electron chi connectivity index (χ1n) is 13.7. The standard InChI is InChI=1S/C32H22N4O10/c1-43-25(37)21-23(27(39)45-31(21)17-7-3-5-9-19(17)35-29(31)41)33-15-11-13-16(14-12-15)34-24-22(26(38)44-2)32(46-28(24)40)18-8-4-6-10-20(18)36-30(32)42/h3-14,33-34H,1-2H3,(H,35,41)(H,36,42). The molecule has 2 unspecified atom stereocenters. The van der Waals surface area contributed by atoms with Gasteiger partial charge in [-0.1, -0.05) is 36.4 Å². The van der Waals surface area contributed by atoms with Gasteiger partial charge in [-0.2, -0.15) is 0 Å². The number of ether oxygens (including phenoxy) is 4. The highest BCUT2D eigenvalue weighted by molar-refractivity contribution is 6.21. The van der Waals surface area contributed by atoms with Crippen LogP contribution in [0.25, 0.3) is 0 Å². The van der Waals surface area contributed by atoms with Crippen LogP contribution in [0.3, 0.4) is 0 Å². The number of amides is 2. The predicted octanol–water partition coefficient (Wildman–Crippen LogP) is 2.17. The molecule has 46 heavy (non-hydrogen) atoms. The summed E-state index contributed by atoms with van der Waals surface area (Å²) in [7, 11) is 2.23. The van der Waals surface area contributed by atoms with E-state index in [0.29, 0.717) is 22.7 Å². The van der Waals surface area contributed by atoms with Crippen LogP contribution >= 0.6 is 0 Å². The number of nitrogens with one attached hydrogen (secondary N) is 4. The van der Waals surface area contributed by atoms with Gasteiger partial charge in [-0.05, 0) is 36.4 Å². The van der Waals surface area contributed by atoms with Gasteiger partial charge in [0.25, 0.3) is 23.0 Å². The van der Waals surface area contributed by atoms with Gasteiger partial charge in [-0.25, -0.2) is 19.2 Å². The third kappa shape index (κ3) is 3.76. The first kappa shape index (κ1) is 28.3. The normalized spacial score (nSPS) is 22.3. The zero-order chi connectivity index (χ0) is 32.4. The van der Waals surface area contributed by atoms with Gasteiger partial charge in [-0.3, -0.25) is 9.59 Å². The van der Waals surface area contributed by atoms with Crippen molar-refractivity contribution < 1.29 is 47.7 Å². The van der Waals surface area contributed by atoms with Crippen molar-refractivity contribution in [2.24, 2.45) is 0 Å². The van der Waals surface area contributed by atoms with Crippen molar-refractivity contribution in [1.82, 2.24) is 0 Å². The average Bonchev–Trinajstić information content (AvgIpc) is 3.71. The van der Waals surface area contributed by atoms with Crippen molar-refractivity contribution in [2.75, 3.05) is 35.5 Å². The molecule has 4 N–H and O–H groups in total. The summed E-state index contributed by atoms with van der Waals surface area (Å²) in [5, 5.41) is 11.0. The van der Waals surface area contributed by atoms with Crippen LogP contribution in [0.2, 0.25) is 0 Å². The zero-order valence-electron chi connectivity index (χ0n) is 24.0. The van der Waals surface area contributed by atoms with Crippen LogP contribution in [0, 0.1) is 0 Å². The Bertz CT molecular complexity index is 1860. The van der Waals surface area contributed by atoms with E-state index in [2.05, 4.69) is 21.3 Å². The van der Waals surface area contributed by atoms with Gasteiger partial charge < -0.3 is 40.2 Å². The average molecular weight is 623 g/mol. The predicted molar refractivity (Wildman–Crippen MR) is 157 cm³/mol. The van der Waals surface area contributed by atoms with E-state index in [1.165, 1.54) is 24.3 Å². The van der Waals surface area contributed by atoms with Crippen molar-refractivity contribution in [3.05, 3.63) is 106 Å². The molecule has 2 spiro atoms. The number of anilines is 4. The van der Waals surface area contributed by atoms with Crippen LogP contribution in [0.5, 0.6) is 0 Å². The quantitative estimate of drug-likeness (QED) is 0.232. The van der Waals surface area contributed by atoms with Crippen molar-refractivity contribution in [1.29, 1.82) is 0 Å². The number of carbonyl (C=O) groups excluding carboxylic acids is 6. The molecule has 0 aromatic heterocycles. The second-order valence-corrected chi connectivity index (χ2v) is 10.5. The summed E-state index contributed by atoms with van der Waals surface area (Å²) >= 11 is 0. The van der Waals surface area contributed by atoms with Gasteiger partial charge in [0.15, 0.2) is 0 Å². The van der Waals surface area contributed by atoms with Crippen molar-refractivity contribution in [3.8, 4) is 0 Å². The van der Waals surface area contributed by atoms with Gasteiger partial charge in [-0.15, -0.1) is 0 Å². The number of carbonyl (C=O) groups is 6. The van der Waals surface area contributed by atoms with E-state index in [1.807, 2.05) is 0 Å². The molecule has 0 fully saturated rings. The monoisotopic (exact) mass is 622 g/mol. The fraction of sp³-hybridized carbons (Fsp3) is 0.125. The molecule has 0 radical (unpaired) electrons. The Morgan fingerprint density at radius 2 is 0.978 bits per heavy atom. The minimum atomic E-state index is -2.05. The number of rotatable bonds is 6. The number of esters is 4. The van der Waals surface area contributed by atoms with E-state index >= 15 is 0 Å². The summed E-state index contributed by atoms with van der Waals surface area (Å²) in [4.78, 5) is 78.7. The molecule has 2 atom stereocenters. The van der Waals surface area contributed by atoms with Crippen LogP contribution in [0.1, 0.15) is 11.1 Å². The second kappa shape index (κ2) is 10.1. The Labute approximate surface area is 259 Å². The maximum Gasteiger partial charge on any atom is 0.357 e. The minimum absolute atomic E-state index is 0.277. The van der Waals surface area contributed by atoms with Gasteiger partial charge in [0.2, 0.25) is 0 Å². The Morgan fingerprint density at radius 3 is 1.35 bits per heavy atom. The molecular weight excluding hydrogens is 600 g/mol. The molecule has 14 nitrogen and oxygen atoms in total. The SMILES string of the molecule is COC(=O)C1=C(Nc2ccc(NC3=C(C(=O)OC)C4(OC3=O)C(=O)Nc3ccccc34)cc2)C(=O)OC12C(=O)Nc1ccccc12. The number of hydrogen-bond acceptors (Lipinski definition) is 12. The molecule has 4 heterocycles. The molecule has 3 aromatic carbocycles. The van der Waals surface area contributed by atoms with E-state index in [-0.39, 0.29) is 33.7 Å². The first-order valence-corrected chi connectivity index (χ1v) is 13.7. The number of methoxy groups -OCH3 is 2. The second-order valence-electron chi connectivity index (χ2n) is 10.5. The largest absolute Gasteiger partial charge is 0.465 e. The smallest absolute Gasteiger partial charge is 0.357 e. The molecule has 14 heteroatoms. The van der Waals surface area contributed by atoms with Crippen LogP contribution < -0.4 is 21.3 Å². The third-order valence-electron chi connectivity index (χ3n) is 8.06. The lowest BCUT2D eigenvalue weighted by Gasteiger charge is -2.22. The van der Waals surface area contributed by atoms with Gasteiger partial charge >= 0.3 is 23.9 Å². The summed E-state index contributed by atoms with van der Waals surface area (Å²) in [6.45, 7) is 0. The lowest BCUT2D eigenvalue weighted by molar-refractivity contribution is -0.157. The highest BCUT2D eigenvalue weighted by atomic mass is 16.6. The van der Waals surface area contributed by atoms with E-state index in [0.717, 1.165) is 14.2 Å². The number of hydrogen-bond donors (Lipinski definition) is 4. The lowest BCUT2D eigenvalue weighted by Crippen LogP contribution is -2.39. The summed E-state index contributed by atoms with van der Waals surface area (Å²) in [6, 6.07) is 19.0. The van der Waals surface area contributed by atoms with Crippen LogP contribution in [-0.2, 0) is 58.9 Å². The molecule has 0 saturated carbocycles. The molecule has 230 valence electrons. The fourth-order valence-corrected chi connectivity index (χ4v) is 6.05. The van der Waals surface area contributed by atoms with Crippen molar-refractivity contribution in [3.63, 3.8) is 0 Å². The highest BCUT2D eigenvalue weighted by Crippen LogP contribution is 2.50.